The Hall–Kier alpha value is -1.82. The molecule has 5 nitrogen and oxygen atoms in total. The number of carbonyl (C=O) groups excluding carboxylic acids is 1. The molecule has 1 aromatic heterocycles. The van der Waals surface area contributed by atoms with Gasteiger partial charge < -0.3 is 5.32 Å². The van der Waals surface area contributed by atoms with E-state index >= 15 is 0 Å². The third kappa shape index (κ3) is 2.81. The predicted octanol–water partition coefficient (Wildman–Crippen LogP) is 2.97. The molecule has 0 saturated carbocycles. The highest BCUT2D eigenvalue weighted by atomic mass is 35.5. The fraction of sp³-hybridized carbons (Fsp3) is 0.143. The van der Waals surface area contributed by atoms with Crippen LogP contribution in [-0.4, -0.2) is 24.0 Å². The number of hydrogen-bond donors (Lipinski definition) is 2. The van der Waals surface area contributed by atoms with Gasteiger partial charge in [-0.2, -0.15) is 0 Å². The SMILES string of the molecule is O=C1c2cnc(Cl)cc2NCCNN1c1ccccc1Cl. The van der Waals surface area contributed by atoms with Gasteiger partial charge in [0.2, 0.25) is 0 Å². The van der Waals surface area contributed by atoms with E-state index in [0.29, 0.717) is 40.2 Å². The van der Waals surface area contributed by atoms with Crippen molar-refractivity contribution in [2.45, 2.75) is 0 Å². The van der Waals surface area contributed by atoms with Crippen molar-refractivity contribution in [3.63, 3.8) is 0 Å². The number of halogens is 2. The second-order valence-corrected chi connectivity index (χ2v) is 5.27. The Kier molecular flexibility index (Phi) is 3.96. The number of amides is 1. The molecule has 0 fully saturated rings. The molecule has 1 amide bonds. The Morgan fingerprint density at radius 1 is 1.19 bits per heavy atom. The zero-order chi connectivity index (χ0) is 14.8. The van der Waals surface area contributed by atoms with E-state index in [2.05, 4.69) is 15.7 Å². The lowest BCUT2D eigenvalue weighted by Crippen LogP contribution is -2.47. The van der Waals surface area contributed by atoms with Crippen molar-refractivity contribution in [1.29, 1.82) is 0 Å². The summed E-state index contributed by atoms with van der Waals surface area (Å²) in [4.78, 5) is 16.7. The highest BCUT2D eigenvalue weighted by molar-refractivity contribution is 6.34. The zero-order valence-corrected chi connectivity index (χ0v) is 12.4. The standard InChI is InChI=1S/C14H12Cl2N4O/c15-10-3-1-2-4-12(10)20-14(21)9-8-18-13(16)7-11(9)17-5-6-19-20/h1-4,7-8,17,19H,5-6H2. The number of benzene rings is 1. The first-order valence-electron chi connectivity index (χ1n) is 6.39. The zero-order valence-electron chi connectivity index (χ0n) is 10.9. The Labute approximate surface area is 131 Å². The number of nitrogens with zero attached hydrogens (tertiary/aromatic N) is 2. The normalized spacial score (nSPS) is 15.0. The number of hydrogen-bond acceptors (Lipinski definition) is 4. The number of anilines is 2. The Morgan fingerprint density at radius 2 is 2.00 bits per heavy atom. The minimum absolute atomic E-state index is 0.241. The third-order valence-electron chi connectivity index (χ3n) is 3.11. The molecule has 108 valence electrons. The van der Waals surface area contributed by atoms with Gasteiger partial charge in [0, 0.05) is 19.3 Å². The summed E-state index contributed by atoms with van der Waals surface area (Å²) in [7, 11) is 0. The smallest absolute Gasteiger partial charge is 0.276 e. The molecule has 2 heterocycles. The summed E-state index contributed by atoms with van der Waals surface area (Å²) in [5.74, 6) is -0.241. The molecule has 1 aliphatic heterocycles. The predicted molar refractivity (Wildman–Crippen MR) is 84.0 cm³/mol. The molecule has 0 aliphatic carbocycles. The summed E-state index contributed by atoms with van der Waals surface area (Å²) in [5, 5.41) is 5.43. The Morgan fingerprint density at radius 3 is 2.81 bits per heavy atom. The van der Waals surface area contributed by atoms with E-state index < -0.39 is 0 Å². The molecule has 0 atom stereocenters. The molecule has 0 spiro atoms. The molecule has 0 bridgehead atoms. The maximum Gasteiger partial charge on any atom is 0.276 e. The molecule has 3 rings (SSSR count). The van der Waals surface area contributed by atoms with Crippen LogP contribution in [0.5, 0.6) is 0 Å². The van der Waals surface area contributed by atoms with Gasteiger partial charge in [-0.25, -0.2) is 15.4 Å². The molecule has 0 unspecified atom stereocenters. The second kappa shape index (κ2) is 5.89. The number of para-hydroxylation sites is 1. The maximum atomic E-state index is 12.7. The summed E-state index contributed by atoms with van der Waals surface area (Å²) in [6.07, 6.45) is 1.46. The number of carbonyl (C=O) groups is 1. The van der Waals surface area contributed by atoms with E-state index in [0.717, 1.165) is 0 Å². The van der Waals surface area contributed by atoms with E-state index in [4.69, 9.17) is 23.2 Å². The highest BCUT2D eigenvalue weighted by Crippen LogP contribution is 2.28. The van der Waals surface area contributed by atoms with Gasteiger partial charge in [0.25, 0.3) is 5.91 Å². The lowest BCUT2D eigenvalue weighted by atomic mass is 10.2. The largest absolute Gasteiger partial charge is 0.383 e. The Bertz CT molecular complexity index is 692. The van der Waals surface area contributed by atoms with Crippen LogP contribution in [0.3, 0.4) is 0 Å². The van der Waals surface area contributed by atoms with E-state index in [1.165, 1.54) is 11.2 Å². The first kappa shape index (κ1) is 14.1. The van der Waals surface area contributed by atoms with Crippen LogP contribution in [0.15, 0.2) is 36.5 Å². The van der Waals surface area contributed by atoms with Gasteiger partial charge in [0.15, 0.2) is 0 Å². The van der Waals surface area contributed by atoms with Gasteiger partial charge in [-0.1, -0.05) is 35.3 Å². The number of nitrogens with one attached hydrogen (secondary N) is 2. The molecule has 2 N–H and O–H groups in total. The van der Waals surface area contributed by atoms with Crippen LogP contribution < -0.4 is 15.8 Å². The van der Waals surface area contributed by atoms with Crippen molar-refractivity contribution in [1.82, 2.24) is 10.4 Å². The average Bonchev–Trinajstić information content (AvgIpc) is 2.46. The van der Waals surface area contributed by atoms with Crippen LogP contribution in [0, 0.1) is 0 Å². The van der Waals surface area contributed by atoms with E-state index in [1.54, 1.807) is 18.2 Å². The van der Waals surface area contributed by atoms with Crippen LogP contribution in [0.1, 0.15) is 10.4 Å². The lowest BCUT2D eigenvalue weighted by Gasteiger charge is -2.28. The van der Waals surface area contributed by atoms with Crippen molar-refractivity contribution in [3.05, 3.63) is 52.3 Å². The number of hydrazine groups is 1. The summed E-state index contributed by atoms with van der Waals surface area (Å²) in [5.41, 5.74) is 4.77. The monoisotopic (exact) mass is 322 g/mol. The van der Waals surface area contributed by atoms with E-state index in [1.807, 2.05) is 12.1 Å². The summed E-state index contributed by atoms with van der Waals surface area (Å²) in [6, 6.07) is 8.81. The number of aromatic nitrogens is 1. The maximum absolute atomic E-state index is 12.7. The molecular formula is C14H12Cl2N4O. The third-order valence-corrected chi connectivity index (χ3v) is 3.63. The minimum atomic E-state index is -0.241. The van der Waals surface area contributed by atoms with Crippen molar-refractivity contribution in [3.8, 4) is 0 Å². The van der Waals surface area contributed by atoms with Gasteiger partial charge in [-0.3, -0.25) is 4.79 Å². The molecule has 0 saturated heterocycles. The van der Waals surface area contributed by atoms with Crippen molar-refractivity contribution >= 4 is 40.5 Å². The topological polar surface area (TPSA) is 57.3 Å². The summed E-state index contributed by atoms with van der Waals surface area (Å²) < 4.78 is 0. The lowest BCUT2D eigenvalue weighted by molar-refractivity contribution is 0.0974. The molecule has 1 aromatic carbocycles. The highest BCUT2D eigenvalue weighted by Gasteiger charge is 2.24. The molecule has 1 aliphatic rings. The van der Waals surface area contributed by atoms with Crippen molar-refractivity contribution in [2.24, 2.45) is 0 Å². The number of fused-ring (bicyclic) bond motifs is 1. The van der Waals surface area contributed by atoms with Crippen LogP contribution in [-0.2, 0) is 0 Å². The van der Waals surface area contributed by atoms with Gasteiger partial charge in [-0.05, 0) is 18.2 Å². The quantitative estimate of drug-likeness (QED) is 0.792. The fourth-order valence-corrected chi connectivity index (χ4v) is 2.51. The van der Waals surface area contributed by atoms with Crippen molar-refractivity contribution < 1.29 is 4.79 Å². The van der Waals surface area contributed by atoms with Gasteiger partial charge >= 0.3 is 0 Å². The van der Waals surface area contributed by atoms with E-state index in [9.17, 15) is 4.79 Å². The molecular weight excluding hydrogens is 311 g/mol. The van der Waals surface area contributed by atoms with Crippen LogP contribution in [0.25, 0.3) is 0 Å². The molecule has 2 aromatic rings. The van der Waals surface area contributed by atoms with Gasteiger partial charge in [0.05, 0.1) is 22.0 Å². The van der Waals surface area contributed by atoms with Crippen LogP contribution in [0.4, 0.5) is 11.4 Å². The first-order chi connectivity index (χ1) is 10.2. The average molecular weight is 323 g/mol. The van der Waals surface area contributed by atoms with Crippen LogP contribution in [0.2, 0.25) is 10.2 Å². The summed E-state index contributed by atoms with van der Waals surface area (Å²) in [6.45, 7) is 1.21. The van der Waals surface area contributed by atoms with E-state index in [-0.39, 0.29) is 5.91 Å². The minimum Gasteiger partial charge on any atom is -0.383 e. The summed E-state index contributed by atoms with van der Waals surface area (Å²) >= 11 is 12.1. The molecule has 21 heavy (non-hydrogen) atoms. The van der Waals surface area contributed by atoms with Gasteiger partial charge in [0.1, 0.15) is 5.15 Å². The Balaban J connectivity index is 2.06. The van der Waals surface area contributed by atoms with Crippen LogP contribution >= 0.6 is 23.2 Å². The molecule has 0 radical (unpaired) electrons. The fourth-order valence-electron chi connectivity index (χ4n) is 2.13. The first-order valence-corrected chi connectivity index (χ1v) is 7.14. The molecule has 7 heteroatoms. The number of pyridine rings is 1. The van der Waals surface area contributed by atoms with Crippen molar-refractivity contribution in [2.75, 3.05) is 23.4 Å². The second-order valence-electron chi connectivity index (χ2n) is 4.48. The van der Waals surface area contributed by atoms with Gasteiger partial charge in [-0.15, -0.1) is 0 Å². The number of rotatable bonds is 1.